The van der Waals surface area contributed by atoms with Gasteiger partial charge in [-0.15, -0.1) is 0 Å². The van der Waals surface area contributed by atoms with Crippen LogP contribution in [0.2, 0.25) is 0 Å². The van der Waals surface area contributed by atoms with Crippen LogP contribution in [-0.4, -0.2) is 75.8 Å². The van der Waals surface area contributed by atoms with Crippen LogP contribution in [0.1, 0.15) is 32.6 Å². The van der Waals surface area contributed by atoms with Gasteiger partial charge in [0.2, 0.25) is 6.29 Å². The Labute approximate surface area is 174 Å². The predicted molar refractivity (Wildman–Crippen MR) is 103 cm³/mol. The molecule has 2 aliphatic heterocycles. The van der Waals surface area contributed by atoms with E-state index in [1.54, 1.807) is 6.08 Å². The van der Waals surface area contributed by atoms with E-state index < -0.39 is 55.4 Å². The molecule has 0 aromatic rings. The van der Waals surface area contributed by atoms with Crippen molar-refractivity contribution in [3.63, 3.8) is 0 Å². The van der Waals surface area contributed by atoms with Crippen LogP contribution in [0, 0.1) is 5.92 Å². The largest absolute Gasteiger partial charge is 0.454 e. The standard InChI is InChI=1S/C21H28O9/c1-10-4-3-5-12(6-7-13-11(2)19(26)28-14(13)8-10)20(27)30-21-18(25)17(24)16(23)15(9-22)29-21/h5,8,13-18,21-25H,2-4,6-7,9H2,1H3/b10-8-,12-5+/t13-,14+,15+,16-,17-,18+,21+/m0/s1. The Hall–Kier alpha value is -2.04. The van der Waals surface area contributed by atoms with Crippen molar-refractivity contribution in [1.29, 1.82) is 0 Å². The summed E-state index contributed by atoms with van der Waals surface area (Å²) in [6.45, 7) is 5.12. The number of carbonyl (C=O) groups excluding carboxylic acids is 2. The number of aliphatic hydroxyl groups is 4. The van der Waals surface area contributed by atoms with Crippen LogP contribution in [0.25, 0.3) is 0 Å². The highest BCUT2D eigenvalue weighted by atomic mass is 16.7. The molecule has 0 saturated carbocycles. The maximum Gasteiger partial charge on any atom is 0.336 e. The summed E-state index contributed by atoms with van der Waals surface area (Å²) < 4.78 is 15.9. The molecule has 2 saturated heterocycles. The zero-order chi connectivity index (χ0) is 22.0. The van der Waals surface area contributed by atoms with E-state index in [-0.39, 0.29) is 5.92 Å². The number of ether oxygens (including phenoxy) is 3. The third-order valence-electron chi connectivity index (χ3n) is 5.79. The van der Waals surface area contributed by atoms with Crippen molar-refractivity contribution in [2.24, 2.45) is 5.92 Å². The first-order valence-electron chi connectivity index (χ1n) is 10.0. The first-order chi connectivity index (χ1) is 14.2. The minimum absolute atomic E-state index is 0.256. The van der Waals surface area contributed by atoms with E-state index in [1.165, 1.54) is 0 Å². The molecular weight excluding hydrogens is 396 g/mol. The molecule has 0 radical (unpaired) electrons. The van der Waals surface area contributed by atoms with Gasteiger partial charge in [-0.05, 0) is 38.7 Å². The second-order valence-corrected chi connectivity index (χ2v) is 7.92. The maximum atomic E-state index is 12.8. The number of allylic oxidation sites excluding steroid dienone is 2. The number of rotatable bonds is 3. The average Bonchev–Trinajstić information content (AvgIpc) is 2.97. The van der Waals surface area contributed by atoms with Crippen LogP contribution < -0.4 is 0 Å². The van der Waals surface area contributed by atoms with E-state index in [0.29, 0.717) is 36.8 Å². The SMILES string of the molecule is C=C1C(=O)O[C@@H]2/C=C(/C)CC/C=C(/C(=O)O[C@H]3O[C@H](CO)[C@H](O)[C@H](O)[C@H]3O)CC[C@@H]12. The molecule has 3 aliphatic rings. The molecule has 0 aromatic heterocycles. The maximum absolute atomic E-state index is 12.8. The fourth-order valence-corrected chi connectivity index (χ4v) is 3.90. The van der Waals surface area contributed by atoms with E-state index in [2.05, 4.69) is 6.58 Å². The third-order valence-corrected chi connectivity index (χ3v) is 5.79. The Morgan fingerprint density at radius 3 is 2.67 bits per heavy atom. The van der Waals surface area contributed by atoms with Crippen LogP contribution in [0.4, 0.5) is 0 Å². The molecule has 0 amide bonds. The van der Waals surface area contributed by atoms with E-state index in [1.807, 2.05) is 13.0 Å². The second-order valence-electron chi connectivity index (χ2n) is 7.92. The van der Waals surface area contributed by atoms with Crippen LogP contribution in [0.5, 0.6) is 0 Å². The van der Waals surface area contributed by atoms with Gasteiger partial charge in [-0.2, -0.15) is 0 Å². The highest BCUT2D eigenvalue weighted by Gasteiger charge is 2.45. The van der Waals surface area contributed by atoms with Crippen molar-refractivity contribution >= 4 is 11.9 Å². The highest BCUT2D eigenvalue weighted by Crippen LogP contribution is 2.34. The molecule has 0 spiro atoms. The molecular formula is C21H28O9. The Balaban J connectivity index is 1.72. The van der Waals surface area contributed by atoms with Crippen molar-refractivity contribution in [2.45, 2.75) is 69.4 Å². The number of hydrogen-bond donors (Lipinski definition) is 4. The van der Waals surface area contributed by atoms with Crippen molar-refractivity contribution < 1.29 is 44.2 Å². The lowest BCUT2D eigenvalue weighted by Gasteiger charge is -2.39. The molecule has 30 heavy (non-hydrogen) atoms. The molecule has 9 heteroatoms. The fraction of sp³-hybridized carbons (Fsp3) is 0.619. The quantitative estimate of drug-likeness (QED) is 0.277. The Morgan fingerprint density at radius 1 is 1.23 bits per heavy atom. The highest BCUT2D eigenvalue weighted by molar-refractivity contribution is 5.91. The Bertz CT molecular complexity index is 754. The molecule has 4 N–H and O–H groups in total. The summed E-state index contributed by atoms with van der Waals surface area (Å²) in [5.41, 5.74) is 1.73. The van der Waals surface area contributed by atoms with Crippen LogP contribution in [0.3, 0.4) is 0 Å². The summed E-state index contributed by atoms with van der Waals surface area (Å²) in [5, 5.41) is 39.1. The first kappa shape index (κ1) is 22.6. The van der Waals surface area contributed by atoms with Crippen molar-refractivity contribution in [2.75, 3.05) is 6.61 Å². The summed E-state index contributed by atoms with van der Waals surface area (Å²) in [5.74, 6) is -1.44. The number of esters is 2. The molecule has 7 atom stereocenters. The van der Waals surface area contributed by atoms with Gasteiger partial charge in [0.25, 0.3) is 0 Å². The Kier molecular flexibility index (Phi) is 7.10. The van der Waals surface area contributed by atoms with Crippen LogP contribution >= 0.6 is 0 Å². The van der Waals surface area contributed by atoms with E-state index in [0.717, 1.165) is 5.57 Å². The Morgan fingerprint density at radius 2 is 1.97 bits per heavy atom. The van der Waals surface area contributed by atoms with Crippen LogP contribution in [-0.2, 0) is 23.8 Å². The smallest absolute Gasteiger partial charge is 0.336 e. The normalized spacial score (nSPS) is 41.0. The second kappa shape index (κ2) is 9.40. The summed E-state index contributed by atoms with van der Waals surface area (Å²) in [4.78, 5) is 24.7. The van der Waals surface area contributed by atoms with Gasteiger partial charge in [0.15, 0.2) is 0 Å². The number of carbonyl (C=O) groups is 2. The average molecular weight is 424 g/mol. The molecule has 9 nitrogen and oxygen atoms in total. The zero-order valence-electron chi connectivity index (χ0n) is 16.8. The van der Waals surface area contributed by atoms with E-state index in [9.17, 15) is 30.0 Å². The lowest BCUT2D eigenvalue weighted by Crippen LogP contribution is -2.59. The van der Waals surface area contributed by atoms with Gasteiger partial charge in [0.05, 0.1) is 6.61 Å². The summed E-state index contributed by atoms with van der Waals surface area (Å²) in [6, 6.07) is 0. The van der Waals surface area contributed by atoms with Gasteiger partial charge in [-0.3, -0.25) is 0 Å². The first-order valence-corrected chi connectivity index (χ1v) is 10.0. The summed E-state index contributed by atoms with van der Waals surface area (Å²) in [7, 11) is 0. The van der Waals surface area contributed by atoms with Gasteiger partial charge >= 0.3 is 11.9 Å². The number of hydrogen-bond acceptors (Lipinski definition) is 9. The van der Waals surface area contributed by atoms with Gasteiger partial charge in [-0.1, -0.05) is 18.2 Å². The molecule has 166 valence electrons. The lowest BCUT2D eigenvalue weighted by molar-refractivity contribution is -0.291. The molecule has 2 fully saturated rings. The number of aliphatic hydroxyl groups excluding tert-OH is 4. The summed E-state index contributed by atoms with van der Waals surface area (Å²) >= 11 is 0. The van der Waals surface area contributed by atoms with E-state index in [4.69, 9.17) is 14.2 Å². The zero-order valence-corrected chi connectivity index (χ0v) is 16.8. The molecule has 0 unspecified atom stereocenters. The molecule has 3 rings (SSSR count). The van der Waals surface area contributed by atoms with Gasteiger partial charge in [0.1, 0.15) is 30.5 Å². The molecule has 0 aromatic carbocycles. The van der Waals surface area contributed by atoms with E-state index >= 15 is 0 Å². The minimum atomic E-state index is -1.66. The van der Waals surface area contributed by atoms with Gasteiger partial charge in [0, 0.05) is 17.1 Å². The molecule has 1 aliphatic carbocycles. The summed E-state index contributed by atoms with van der Waals surface area (Å²) in [6.07, 6.45) is -2.34. The topological polar surface area (TPSA) is 143 Å². The fourth-order valence-electron chi connectivity index (χ4n) is 3.90. The predicted octanol–water partition coefficient (Wildman–Crippen LogP) is -0.126. The van der Waals surface area contributed by atoms with Gasteiger partial charge < -0.3 is 34.6 Å². The monoisotopic (exact) mass is 424 g/mol. The van der Waals surface area contributed by atoms with Crippen LogP contribution in [0.15, 0.2) is 35.5 Å². The number of fused-ring (bicyclic) bond motifs is 1. The molecule has 2 heterocycles. The van der Waals surface area contributed by atoms with Crippen molar-refractivity contribution in [3.05, 3.63) is 35.5 Å². The molecule has 0 bridgehead atoms. The van der Waals surface area contributed by atoms with Crippen molar-refractivity contribution in [3.8, 4) is 0 Å². The third kappa shape index (κ3) is 4.65. The minimum Gasteiger partial charge on any atom is -0.454 e. The van der Waals surface area contributed by atoms with Crippen molar-refractivity contribution in [1.82, 2.24) is 0 Å². The van der Waals surface area contributed by atoms with Gasteiger partial charge in [-0.25, -0.2) is 9.59 Å². The lowest BCUT2D eigenvalue weighted by atomic mass is 9.88.